The van der Waals surface area contributed by atoms with Gasteiger partial charge in [-0.2, -0.15) is 0 Å². The van der Waals surface area contributed by atoms with Crippen molar-refractivity contribution in [3.63, 3.8) is 0 Å². The summed E-state index contributed by atoms with van der Waals surface area (Å²) < 4.78 is 7.54. The van der Waals surface area contributed by atoms with Gasteiger partial charge in [0.2, 0.25) is 0 Å². The maximum absolute atomic E-state index is 6.03. The summed E-state index contributed by atoms with van der Waals surface area (Å²) in [5, 5.41) is 15.1. The predicted octanol–water partition coefficient (Wildman–Crippen LogP) is 2.14. The highest BCUT2D eigenvalue weighted by atomic mass is 127. The van der Waals surface area contributed by atoms with Gasteiger partial charge in [-0.05, 0) is 19.1 Å². The van der Waals surface area contributed by atoms with Gasteiger partial charge >= 0.3 is 0 Å². The van der Waals surface area contributed by atoms with E-state index in [0.717, 1.165) is 11.6 Å². The Labute approximate surface area is 163 Å². The second kappa shape index (κ2) is 10.3. The lowest BCUT2D eigenvalue weighted by atomic mass is 10.3. The lowest BCUT2D eigenvalue weighted by Crippen LogP contribution is -2.39. The fourth-order valence-electron chi connectivity index (χ4n) is 1.88. The summed E-state index contributed by atoms with van der Waals surface area (Å²) >= 11 is 6.03. The number of ether oxygens (including phenoxy) is 1. The fraction of sp³-hybridized carbons (Fsp3) is 0.400. The van der Waals surface area contributed by atoms with Crippen LogP contribution in [0.25, 0.3) is 0 Å². The van der Waals surface area contributed by atoms with Crippen LogP contribution in [-0.2, 0) is 13.6 Å². The summed E-state index contributed by atoms with van der Waals surface area (Å²) in [5.41, 5.74) is 0. The van der Waals surface area contributed by atoms with Crippen molar-refractivity contribution in [1.29, 1.82) is 0 Å². The summed E-state index contributed by atoms with van der Waals surface area (Å²) in [6.07, 6.45) is 0. The molecule has 1 aromatic carbocycles. The Hall–Kier alpha value is -1.55. The third-order valence-corrected chi connectivity index (χ3v) is 3.62. The number of nitrogens with zero attached hydrogens (tertiary/aromatic N) is 4. The molecule has 0 atom stereocenters. The molecule has 24 heavy (non-hydrogen) atoms. The van der Waals surface area contributed by atoms with Crippen molar-refractivity contribution < 1.29 is 4.74 Å². The van der Waals surface area contributed by atoms with Crippen LogP contribution in [-0.4, -0.2) is 40.9 Å². The summed E-state index contributed by atoms with van der Waals surface area (Å²) in [4.78, 5) is 4.16. The minimum absolute atomic E-state index is 0. The Morgan fingerprint density at radius 3 is 2.67 bits per heavy atom. The number of aliphatic imine (C=N–C) groups is 1. The standard InChI is InChI=1S/C15H21ClN6O.HI/c1-11-20-21-14(22(11)3)10-19-15(17-2)18-8-9-23-13-7-5-4-6-12(13)16;/h4-7H,8-10H2,1-3H3,(H2,17,18,19);1H. The predicted molar refractivity (Wildman–Crippen MR) is 106 cm³/mol. The van der Waals surface area contributed by atoms with Crippen molar-refractivity contribution in [2.45, 2.75) is 13.5 Å². The quantitative estimate of drug-likeness (QED) is 0.296. The molecule has 0 aliphatic heterocycles. The summed E-state index contributed by atoms with van der Waals surface area (Å²) in [7, 11) is 3.64. The maximum atomic E-state index is 6.03. The molecule has 0 aliphatic rings. The zero-order chi connectivity index (χ0) is 16.7. The molecule has 2 N–H and O–H groups in total. The molecule has 132 valence electrons. The average Bonchev–Trinajstić information content (AvgIpc) is 2.87. The first-order chi connectivity index (χ1) is 11.1. The van der Waals surface area contributed by atoms with Crippen molar-refractivity contribution >= 4 is 41.5 Å². The Kier molecular flexibility index (Phi) is 8.83. The number of rotatable bonds is 6. The van der Waals surface area contributed by atoms with E-state index in [1.807, 2.05) is 36.7 Å². The van der Waals surface area contributed by atoms with Crippen molar-refractivity contribution in [2.75, 3.05) is 20.2 Å². The van der Waals surface area contributed by atoms with Crippen LogP contribution in [0.5, 0.6) is 5.75 Å². The molecule has 0 saturated heterocycles. The van der Waals surface area contributed by atoms with E-state index in [1.54, 1.807) is 13.1 Å². The van der Waals surface area contributed by atoms with Gasteiger partial charge in [-0.1, -0.05) is 23.7 Å². The van der Waals surface area contributed by atoms with Crippen LogP contribution < -0.4 is 15.4 Å². The number of aryl methyl sites for hydroxylation is 1. The maximum Gasteiger partial charge on any atom is 0.191 e. The Morgan fingerprint density at radius 1 is 1.29 bits per heavy atom. The average molecular weight is 465 g/mol. The number of halogens is 2. The first-order valence-corrected chi connectivity index (χ1v) is 7.66. The highest BCUT2D eigenvalue weighted by Crippen LogP contribution is 2.22. The molecule has 0 spiro atoms. The molecule has 0 unspecified atom stereocenters. The number of hydrogen-bond acceptors (Lipinski definition) is 4. The molecule has 2 aromatic rings. The molecule has 2 rings (SSSR count). The van der Waals surface area contributed by atoms with E-state index < -0.39 is 0 Å². The topological polar surface area (TPSA) is 76.4 Å². The summed E-state index contributed by atoms with van der Waals surface area (Å²) in [5.74, 6) is 3.07. The number of aromatic nitrogens is 3. The lowest BCUT2D eigenvalue weighted by Gasteiger charge is -2.12. The highest BCUT2D eigenvalue weighted by Gasteiger charge is 2.06. The minimum atomic E-state index is 0. The van der Waals surface area contributed by atoms with Gasteiger partial charge < -0.3 is 19.9 Å². The second-order valence-corrected chi connectivity index (χ2v) is 5.26. The highest BCUT2D eigenvalue weighted by molar-refractivity contribution is 14.0. The Bertz CT molecular complexity index is 676. The molecule has 0 radical (unpaired) electrons. The first kappa shape index (κ1) is 20.5. The Balaban J connectivity index is 0.00000288. The third kappa shape index (κ3) is 5.82. The molecule has 0 bridgehead atoms. The fourth-order valence-corrected chi connectivity index (χ4v) is 2.07. The molecule has 1 aromatic heterocycles. The van der Waals surface area contributed by atoms with Gasteiger partial charge in [0, 0.05) is 14.1 Å². The van der Waals surface area contributed by atoms with E-state index in [1.165, 1.54) is 0 Å². The zero-order valence-corrected chi connectivity index (χ0v) is 17.0. The molecule has 1 heterocycles. The number of para-hydroxylation sites is 1. The van der Waals surface area contributed by atoms with Crippen LogP contribution in [0.15, 0.2) is 29.3 Å². The van der Waals surface area contributed by atoms with Crippen LogP contribution in [0.3, 0.4) is 0 Å². The van der Waals surface area contributed by atoms with Crippen LogP contribution in [0, 0.1) is 6.92 Å². The number of hydrogen-bond donors (Lipinski definition) is 2. The lowest BCUT2D eigenvalue weighted by molar-refractivity contribution is 0.322. The van der Waals surface area contributed by atoms with Gasteiger partial charge in [0.25, 0.3) is 0 Å². The van der Waals surface area contributed by atoms with Crippen molar-refractivity contribution in [1.82, 2.24) is 25.4 Å². The van der Waals surface area contributed by atoms with E-state index in [2.05, 4.69) is 25.8 Å². The number of benzene rings is 1. The van der Waals surface area contributed by atoms with Gasteiger partial charge in [-0.15, -0.1) is 34.2 Å². The van der Waals surface area contributed by atoms with Crippen LogP contribution >= 0.6 is 35.6 Å². The molecule has 0 aliphatic carbocycles. The third-order valence-electron chi connectivity index (χ3n) is 3.31. The van der Waals surface area contributed by atoms with Crippen molar-refractivity contribution in [2.24, 2.45) is 12.0 Å². The molecule has 0 saturated carbocycles. The number of nitrogens with one attached hydrogen (secondary N) is 2. The van der Waals surface area contributed by atoms with Gasteiger partial charge in [0.05, 0.1) is 18.1 Å². The second-order valence-electron chi connectivity index (χ2n) is 4.85. The summed E-state index contributed by atoms with van der Waals surface area (Å²) in [6.45, 7) is 3.54. The summed E-state index contributed by atoms with van der Waals surface area (Å²) in [6, 6.07) is 7.39. The van der Waals surface area contributed by atoms with Crippen molar-refractivity contribution in [3.8, 4) is 5.75 Å². The van der Waals surface area contributed by atoms with Gasteiger partial charge in [0.15, 0.2) is 11.8 Å². The van der Waals surface area contributed by atoms with E-state index >= 15 is 0 Å². The van der Waals surface area contributed by atoms with Gasteiger partial charge in [-0.25, -0.2) is 0 Å². The molecule has 9 heteroatoms. The molecular weight excluding hydrogens is 443 g/mol. The molecule has 0 fully saturated rings. The normalized spacial score (nSPS) is 10.9. The van der Waals surface area contributed by atoms with Gasteiger partial charge in [0.1, 0.15) is 18.2 Å². The van der Waals surface area contributed by atoms with E-state index in [4.69, 9.17) is 16.3 Å². The van der Waals surface area contributed by atoms with Crippen molar-refractivity contribution in [3.05, 3.63) is 40.9 Å². The first-order valence-electron chi connectivity index (χ1n) is 7.28. The molecular formula is C15H22ClIN6O. The van der Waals surface area contributed by atoms with E-state index in [0.29, 0.717) is 36.4 Å². The van der Waals surface area contributed by atoms with Crippen LogP contribution in [0.4, 0.5) is 0 Å². The van der Waals surface area contributed by atoms with Crippen LogP contribution in [0.1, 0.15) is 11.6 Å². The SMILES string of the molecule is CN=C(NCCOc1ccccc1Cl)NCc1nnc(C)n1C.I. The van der Waals surface area contributed by atoms with E-state index in [-0.39, 0.29) is 24.0 Å². The Morgan fingerprint density at radius 2 is 2.04 bits per heavy atom. The minimum Gasteiger partial charge on any atom is -0.490 e. The largest absolute Gasteiger partial charge is 0.490 e. The smallest absolute Gasteiger partial charge is 0.191 e. The zero-order valence-electron chi connectivity index (χ0n) is 13.9. The van der Waals surface area contributed by atoms with E-state index in [9.17, 15) is 0 Å². The van der Waals surface area contributed by atoms with Gasteiger partial charge in [-0.3, -0.25) is 4.99 Å². The monoisotopic (exact) mass is 464 g/mol. The molecule has 0 amide bonds. The number of guanidine groups is 1. The van der Waals surface area contributed by atoms with Crippen LogP contribution in [0.2, 0.25) is 5.02 Å². The molecule has 7 nitrogen and oxygen atoms in total.